The number of hydrogen-bond acceptors (Lipinski definition) is 4. The molecule has 5 N–H and O–H groups in total. The Labute approximate surface area is 151 Å². The van der Waals surface area contributed by atoms with Crippen molar-refractivity contribution in [3.8, 4) is 0 Å². The zero-order valence-corrected chi connectivity index (χ0v) is 13.9. The van der Waals surface area contributed by atoms with Gasteiger partial charge in [0.1, 0.15) is 5.56 Å². The summed E-state index contributed by atoms with van der Waals surface area (Å²) in [7, 11) is 0. The maximum atomic E-state index is 13.2. The summed E-state index contributed by atoms with van der Waals surface area (Å²) in [6.07, 6.45) is -4.94. The van der Waals surface area contributed by atoms with Crippen LogP contribution in [0, 0.1) is 23.2 Å². The van der Waals surface area contributed by atoms with Gasteiger partial charge in [0, 0.05) is 12.1 Å². The quantitative estimate of drug-likeness (QED) is 0.575. The molecule has 0 radical (unpaired) electrons. The number of carbonyl (C=O) groups excluding carboxylic acids is 1. The molecule has 1 amide bonds. The molecule has 2 saturated carbocycles. The third-order valence-electron chi connectivity index (χ3n) is 5.57. The lowest BCUT2D eigenvalue weighted by molar-refractivity contribution is -0.153. The van der Waals surface area contributed by atoms with Crippen LogP contribution in [0.4, 0.5) is 24.5 Å². The van der Waals surface area contributed by atoms with E-state index >= 15 is 0 Å². The number of carboxylic acids is 2. The molecule has 1 aromatic carbocycles. The lowest BCUT2D eigenvalue weighted by Gasteiger charge is -2.26. The molecule has 4 atom stereocenters. The fraction of sp³-hybridized carbons (Fsp3) is 0.471. The number of benzene rings is 1. The van der Waals surface area contributed by atoms with Crippen LogP contribution >= 0.6 is 0 Å². The van der Waals surface area contributed by atoms with Crippen LogP contribution < -0.4 is 11.1 Å². The molecule has 0 bridgehead atoms. The van der Waals surface area contributed by atoms with Crippen LogP contribution in [0.15, 0.2) is 18.2 Å². The van der Waals surface area contributed by atoms with Crippen LogP contribution in [-0.4, -0.2) is 28.1 Å². The minimum absolute atomic E-state index is 0.109. The number of nitrogens with one attached hydrogen (secondary N) is 1. The summed E-state index contributed by atoms with van der Waals surface area (Å²) in [5.74, 6) is -5.19. The first kappa shape index (κ1) is 19.0. The standard InChI is InChI=1S/C17H17F3N2O5/c18-17(19,20)13-8(21)2-1-3-9(13)22-10(23)6-16(15(26)27)5-4-7-11(12(7)16)14(24)25/h1-3,7,11-12H,4-6,21H2,(H,22,23)(H,24,25)(H,26,27). The minimum Gasteiger partial charge on any atom is -0.481 e. The van der Waals surface area contributed by atoms with Gasteiger partial charge in [0.2, 0.25) is 5.91 Å². The Kier molecular flexibility index (Phi) is 4.32. The van der Waals surface area contributed by atoms with E-state index in [0.29, 0.717) is 6.42 Å². The van der Waals surface area contributed by atoms with Crippen LogP contribution in [0.2, 0.25) is 0 Å². The Morgan fingerprint density at radius 1 is 1.26 bits per heavy atom. The summed E-state index contributed by atoms with van der Waals surface area (Å²) in [5, 5.41) is 20.9. The Hall–Kier alpha value is -2.78. The fourth-order valence-corrected chi connectivity index (χ4v) is 4.42. The average molecular weight is 386 g/mol. The summed E-state index contributed by atoms with van der Waals surface area (Å²) in [5.41, 5.74) is 1.45. The van der Waals surface area contributed by atoms with Crippen molar-refractivity contribution in [2.24, 2.45) is 23.2 Å². The van der Waals surface area contributed by atoms with Crippen LogP contribution in [0.1, 0.15) is 24.8 Å². The number of nitrogen functional groups attached to an aromatic ring is 1. The van der Waals surface area contributed by atoms with E-state index in [2.05, 4.69) is 5.32 Å². The van der Waals surface area contributed by atoms with E-state index in [-0.39, 0.29) is 12.3 Å². The first-order valence-electron chi connectivity index (χ1n) is 8.21. The van der Waals surface area contributed by atoms with Gasteiger partial charge < -0.3 is 21.3 Å². The fourth-order valence-electron chi connectivity index (χ4n) is 4.42. The third-order valence-corrected chi connectivity index (χ3v) is 5.57. The summed E-state index contributed by atoms with van der Waals surface area (Å²) in [4.78, 5) is 35.4. The maximum absolute atomic E-state index is 13.2. The van der Waals surface area contributed by atoms with Crippen molar-refractivity contribution in [1.82, 2.24) is 0 Å². The van der Waals surface area contributed by atoms with Crippen LogP contribution in [0.3, 0.4) is 0 Å². The Morgan fingerprint density at radius 2 is 1.93 bits per heavy atom. The van der Waals surface area contributed by atoms with E-state index in [4.69, 9.17) is 10.8 Å². The lowest BCUT2D eigenvalue weighted by Crippen LogP contribution is -2.37. The monoisotopic (exact) mass is 386 g/mol. The largest absolute Gasteiger partial charge is 0.481 e. The molecule has 10 heteroatoms. The number of halogens is 3. The van der Waals surface area contributed by atoms with Crippen molar-refractivity contribution in [3.05, 3.63) is 23.8 Å². The first-order valence-corrected chi connectivity index (χ1v) is 8.21. The van der Waals surface area contributed by atoms with Crippen LogP contribution in [0.25, 0.3) is 0 Å². The van der Waals surface area contributed by atoms with Crippen molar-refractivity contribution in [2.45, 2.75) is 25.4 Å². The third kappa shape index (κ3) is 3.08. The van der Waals surface area contributed by atoms with Gasteiger partial charge in [0.25, 0.3) is 0 Å². The first-order chi connectivity index (χ1) is 12.5. The summed E-state index contributed by atoms with van der Waals surface area (Å²) in [6, 6.07) is 3.31. The number of rotatable bonds is 5. The van der Waals surface area contributed by atoms with Gasteiger partial charge in [-0.05, 0) is 36.8 Å². The molecule has 1 aromatic rings. The Balaban J connectivity index is 1.83. The Bertz CT molecular complexity index is 825. The molecule has 0 aliphatic heterocycles. The number of carboxylic acid groups (broad SMARTS) is 2. The number of carbonyl (C=O) groups is 3. The normalized spacial score (nSPS) is 29.1. The van der Waals surface area contributed by atoms with Crippen molar-refractivity contribution in [3.63, 3.8) is 0 Å². The molecule has 3 rings (SSSR count). The van der Waals surface area contributed by atoms with Crippen molar-refractivity contribution in [1.29, 1.82) is 0 Å². The van der Waals surface area contributed by atoms with Gasteiger partial charge in [-0.2, -0.15) is 13.2 Å². The number of amides is 1. The molecule has 146 valence electrons. The zero-order valence-electron chi connectivity index (χ0n) is 13.9. The Morgan fingerprint density at radius 3 is 2.44 bits per heavy atom. The molecule has 0 heterocycles. The van der Waals surface area contributed by atoms with E-state index in [9.17, 15) is 32.7 Å². The second-order valence-corrected chi connectivity index (χ2v) is 7.05. The summed E-state index contributed by atoms with van der Waals surface area (Å²) < 4.78 is 39.6. The predicted octanol–water partition coefficient (Wildman–Crippen LogP) is 2.43. The highest BCUT2D eigenvalue weighted by Crippen LogP contribution is 2.67. The minimum atomic E-state index is -4.80. The number of alkyl halides is 3. The number of aliphatic carboxylic acids is 2. The van der Waals surface area contributed by atoms with E-state index in [1.807, 2.05) is 0 Å². The van der Waals surface area contributed by atoms with Gasteiger partial charge in [-0.1, -0.05) is 6.07 Å². The molecule has 27 heavy (non-hydrogen) atoms. The van der Waals surface area contributed by atoms with Gasteiger partial charge in [0.05, 0.1) is 17.0 Å². The highest BCUT2D eigenvalue weighted by Gasteiger charge is 2.71. The van der Waals surface area contributed by atoms with Gasteiger partial charge in [-0.15, -0.1) is 0 Å². The van der Waals surface area contributed by atoms with Gasteiger partial charge in [-0.25, -0.2) is 0 Å². The van der Waals surface area contributed by atoms with Crippen molar-refractivity contribution in [2.75, 3.05) is 11.1 Å². The van der Waals surface area contributed by atoms with E-state index in [1.165, 1.54) is 6.07 Å². The van der Waals surface area contributed by atoms with Crippen LogP contribution in [-0.2, 0) is 20.6 Å². The maximum Gasteiger partial charge on any atom is 0.420 e. The van der Waals surface area contributed by atoms with E-state index in [0.717, 1.165) is 12.1 Å². The molecular formula is C17H17F3N2O5. The molecular weight excluding hydrogens is 369 g/mol. The zero-order chi connectivity index (χ0) is 20.1. The number of fused-ring (bicyclic) bond motifs is 1. The molecule has 2 aliphatic carbocycles. The molecule has 0 aromatic heterocycles. The van der Waals surface area contributed by atoms with Crippen molar-refractivity contribution >= 4 is 29.2 Å². The van der Waals surface area contributed by atoms with Gasteiger partial charge in [-0.3, -0.25) is 14.4 Å². The topological polar surface area (TPSA) is 130 Å². The van der Waals surface area contributed by atoms with E-state index in [1.54, 1.807) is 0 Å². The molecule has 2 aliphatic rings. The summed E-state index contributed by atoms with van der Waals surface area (Å²) in [6.45, 7) is 0. The number of anilines is 2. The number of nitrogens with two attached hydrogens (primary N) is 1. The smallest absolute Gasteiger partial charge is 0.420 e. The summed E-state index contributed by atoms with van der Waals surface area (Å²) >= 11 is 0. The van der Waals surface area contributed by atoms with Gasteiger partial charge in [0.15, 0.2) is 0 Å². The second kappa shape index (κ2) is 6.14. The lowest BCUT2D eigenvalue weighted by atomic mass is 9.77. The molecule has 4 unspecified atom stereocenters. The second-order valence-electron chi connectivity index (χ2n) is 7.05. The molecule has 2 fully saturated rings. The van der Waals surface area contributed by atoms with Crippen molar-refractivity contribution < 1.29 is 37.8 Å². The van der Waals surface area contributed by atoms with E-state index < -0.39 is 64.6 Å². The molecule has 7 nitrogen and oxygen atoms in total. The molecule has 0 spiro atoms. The van der Waals surface area contributed by atoms with Crippen LogP contribution in [0.5, 0.6) is 0 Å². The predicted molar refractivity (Wildman–Crippen MR) is 86.5 cm³/mol. The highest BCUT2D eigenvalue weighted by molar-refractivity contribution is 5.96. The highest BCUT2D eigenvalue weighted by atomic mass is 19.4. The number of hydrogen-bond donors (Lipinski definition) is 4. The van der Waals surface area contributed by atoms with Gasteiger partial charge >= 0.3 is 18.1 Å². The SMILES string of the molecule is Nc1cccc(NC(=O)CC2(C(=O)O)CCC3C(C(=O)O)C32)c1C(F)(F)F. The molecule has 0 saturated heterocycles. The average Bonchev–Trinajstić information content (AvgIpc) is 3.15.